The largest absolute Gasteiger partial charge is 0.311 e. The highest BCUT2D eigenvalue weighted by molar-refractivity contribution is 5.08. The van der Waals surface area contributed by atoms with Crippen LogP contribution < -0.4 is 5.32 Å². The second-order valence-corrected chi connectivity index (χ2v) is 4.39. The number of rotatable bonds is 7. The third kappa shape index (κ3) is 3.43. The van der Waals surface area contributed by atoms with Crippen LogP contribution in [0, 0.1) is 6.92 Å². The monoisotopic (exact) mass is 247 g/mol. The van der Waals surface area contributed by atoms with Gasteiger partial charge in [0.25, 0.3) is 0 Å². The van der Waals surface area contributed by atoms with Crippen LogP contribution in [0.3, 0.4) is 0 Å². The van der Waals surface area contributed by atoms with Crippen molar-refractivity contribution >= 4 is 0 Å². The summed E-state index contributed by atoms with van der Waals surface area (Å²) in [6.45, 7) is 7.92. The molecule has 2 aromatic heterocycles. The number of hydrogen-bond donors (Lipinski definition) is 1. The lowest BCUT2D eigenvalue weighted by Crippen LogP contribution is -2.19. The van der Waals surface area contributed by atoms with Gasteiger partial charge in [-0.3, -0.25) is 9.36 Å². The zero-order valence-electron chi connectivity index (χ0n) is 11.1. The van der Waals surface area contributed by atoms with Gasteiger partial charge in [-0.25, -0.2) is 0 Å². The molecule has 0 bridgehead atoms. The Bertz CT molecular complexity index is 458. The number of aryl methyl sites for hydroxylation is 3. The molecule has 0 fully saturated rings. The van der Waals surface area contributed by atoms with Gasteiger partial charge < -0.3 is 5.32 Å². The molecule has 0 radical (unpaired) electrons. The van der Waals surface area contributed by atoms with Crippen LogP contribution in [0.25, 0.3) is 0 Å². The molecule has 0 aliphatic heterocycles. The summed E-state index contributed by atoms with van der Waals surface area (Å²) in [5.41, 5.74) is 2.35. The Morgan fingerprint density at radius 1 is 1.39 bits per heavy atom. The molecule has 0 saturated carbocycles. The highest BCUT2D eigenvalue weighted by Gasteiger charge is 2.02. The molecule has 0 spiro atoms. The lowest BCUT2D eigenvalue weighted by molar-refractivity contribution is 0.527. The number of nitrogens with zero attached hydrogens (tertiary/aromatic N) is 4. The van der Waals surface area contributed by atoms with E-state index >= 15 is 0 Å². The molecule has 2 aromatic rings. The molecule has 18 heavy (non-hydrogen) atoms. The zero-order chi connectivity index (χ0) is 12.8. The van der Waals surface area contributed by atoms with E-state index in [4.69, 9.17) is 0 Å². The summed E-state index contributed by atoms with van der Waals surface area (Å²) < 4.78 is 4.01. The van der Waals surface area contributed by atoms with Crippen molar-refractivity contribution in [2.75, 3.05) is 6.54 Å². The molecule has 0 atom stereocenters. The van der Waals surface area contributed by atoms with E-state index in [1.165, 1.54) is 5.69 Å². The van der Waals surface area contributed by atoms with Crippen molar-refractivity contribution in [1.82, 2.24) is 24.9 Å². The first-order valence-corrected chi connectivity index (χ1v) is 6.51. The van der Waals surface area contributed by atoms with Crippen molar-refractivity contribution in [1.29, 1.82) is 0 Å². The predicted octanol–water partition coefficient (Wildman–Crippen LogP) is 1.59. The molecule has 0 aromatic carbocycles. The Balaban J connectivity index is 1.68. The van der Waals surface area contributed by atoms with E-state index in [-0.39, 0.29) is 0 Å². The van der Waals surface area contributed by atoms with Crippen LogP contribution in [-0.2, 0) is 19.6 Å². The smallest absolute Gasteiger partial charge is 0.0597 e. The van der Waals surface area contributed by atoms with Gasteiger partial charge in [-0.15, -0.1) is 0 Å². The van der Waals surface area contributed by atoms with Crippen LogP contribution in [0.15, 0.2) is 24.5 Å². The van der Waals surface area contributed by atoms with Crippen LogP contribution in [0.1, 0.15) is 24.7 Å². The highest BCUT2D eigenvalue weighted by Crippen LogP contribution is 2.03. The summed E-state index contributed by atoms with van der Waals surface area (Å²) in [6, 6.07) is 4.10. The van der Waals surface area contributed by atoms with E-state index < -0.39 is 0 Å². The predicted molar refractivity (Wildman–Crippen MR) is 71.2 cm³/mol. The third-order valence-electron chi connectivity index (χ3n) is 2.89. The van der Waals surface area contributed by atoms with Crippen molar-refractivity contribution in [2.45, 2.75) is 39.9 Å². The average molecular weight is 247 g/mol. The first-order chi connectivity index (χ1) is 8.79. The van der Waals surface area contributed by atoms with Crippen LogP contribution in [0.2, 0.25) is 0 Å². The Kier molecular flexibility index (Phi) is 4.52. The topological polar surface area (TPSA) is 47.7 Å². The molecule has 0 aliphatic carbocycles. The molecule has 0 aliphatic rings. The summed E-state index contributed by atoms with van der Waals surface area (Å²) in [5.74, 6) is 0. The van der Waals surface area contributed by atoms with Crippen molar-refractivity contribution in [3.05, 3.63) is 35.9 Å². The maximum atomic E-state index is 4.43. The van der Waals surface area contributed by atoms with Gasteiger partial charge in [-0.1, -0.05) is 0 Å². The van der Waals surface area contributed by atoms with Gasteiger partial charge in [0.1, 0.15) is 0 Å². The minimum Gasteiger partial charge on any atom is -0.311 e. The van der Waals surface area contributed by atoms with E-state index in [1.807, 2.05) is 30.1 Å². The molecule has 2 heterocycles. The van der Waals surface area contributed by atoms with E-state index in [2.05, 4.69) is 33.2 Å². The van der Waals surface area contributed by atoms with Crippen LogP contribution in [0.5, 0.6) is 0 Å². The van der Waals surface area contributed by atoms with Crippen LogP contribution >= 0.6 is 0 Å². The normalized spacial score (nSPS) is 11.0. The Morgan fingerprint density at radius 3 is 3.00 bits per heavy atom. The maximum absolute atomic E-state index is 4.43. The van der Waals surface area contributed by atoms with E-state index in [9.17, 15) is 0 Å². The Hall–Kier alpha value is -1.62. The molecule has 98 valence electrons. The maximum Gasteiger partial charge on any atom is 0.0597 e. The number of hydrogen-bond acceptors (Lipinski definition) is 3. The van der Waals surface area contributed by atoms with Crippen molar-refractivity contribution in [3.8, 4) is 0 Å². The van der Waals surface area contributed by atoms with Gasteiger partial charge in [0, 0.05) is 32.0 Å². The third-order valence-corrected chi connectivity index (χ3v) is 2.89. The minimum absolute atomic E-state index is 0.883. The SMILES string of the molecule is CCn1nc(C)cc1CNCCCn1cccn1. The Labute approximate surface area is 108 Å². The van der Waals surface area contributed by atoms with E-state index in [0.717, 1.165) is 38.3 Å². The summed E-state index contributed by atoms with van der Waals surface area (Å²) in [4.78, 5) is 0. The van der Waals surface area contributed by atoms with E-state index in [0.29, 0.717) is 0 Å². The van der Waals surface area contributed by atoms with Gasteiger partial charge in [-0.05, 0) is 38.9 Å². The minimum atomic E-state index is 0.883. The fourth-order valence-corrected chi connectivity index (χ4v) is 2.03. The summed E-state index contributed by atoms with van der Waals surface area (Å²) >= 11 is 0. The molecule has 5 heteroatoms. The second-order valence-electron chi connectivity index (χ2n) is 4.39. The molecular weight excluding hydrogens is 226 g/mol. The fraction of sp³-hybridized carbons (Fsp3) is 0.538. The quantitative estimate of drug-likeness (QED) is 0.756. The first-order valence-electron chi connectivity index (χ1n) is 6.51. The molecule has 1 N–H and O–H groups in total. The highest BCUT2D eigenvalue weighted by atomic mass is 15.3. The van der Waals surface area contributed by atoms with Crippen molar-refractivity contribution < 1.29 is 0 Å². The molecule has 0 saturated heterocycles. The van der Waals surface area contributed by atoms with Crippen molar-refractivity contribution in [2.24, 2.45) is 0 Å². The number of nitrogens with one attached hydrogen (secondary N) is 1. The van der Waals surface area contributed by atoms with Gasteiger partial charge in [-0.2, -0.15) is 10.2 Å². The summed E-state index contributed by atoms with van der Waals surface area (Å²) in [7, 11) is 0. The zero-order valence-corrected chi connectivity index (χ0v) is 11.1. The first kappa shape index (κ1) is 12.8. The van der Waals surface area contributed by atoms with Gasteiger partial charge in [0.15, 0.2) is 0 Å². The molecule has 0 amide bonds. The van der Waals surface area contributed by atoms with Gasteiger partial charge in [0.05, 0.1) is 11.4 Å². The Morgan fingerprint density at radius 2 is 2.28 bits per heavy atom. The van der Waals surface area contributed by atoms with Crippen molar-refractivity contribution in [3.63, 3.8) is 0 Å². The molecule has 5 nitrogen and oxygen atoms in total. The molecule has 0 unspecified atom stereocenters. The summed E-state index contributed by atoms with van der Waals surface area (Å²) in [5, 5.41) is 12.1. The fourth-order valence-electron chi connectivity index (χ4n) is 2.03. The van der Waals surface area contributed by atoms with Gasteiger partial charge >= 0.3 is 0 Å². The lowest BCUT2D eigenvalue weighted by Gasteiger charge is -2.06. The van der Waals surface area contributed by atoms with E-state index in [1.54, 1.807) is 0 Å². The number of aromatic nitrogens is 4. The molecular formula is C13H21N5. The van der Waals surface area contributed by atoms with Gasteiger partial charge in [0.2, 0.25) is 0 Å². The second kappa shape index (κ2) is 6.35. The van der Waals surface area contributed by atoms with Crippen LogP contribution in [0.4, 0.5) is 0 Å². The summed E-state index contributed by atoms with van der Waals surface area (Å²) in [6.07, 6.45) is 4.90. The lowest BCUT2D eigenvalue weighted by atomic mass is 10.3. The average Bonchev–Trinajstić information content (AvgIpc) is 2.98. The molecule has 2 rings (SSSR count). The van der Waals surface area contributed by atoms with Crippen LogP contribution in [-0.4, -0.2) is 26.1 Å². The standard InChI is InChI=1S/C13H21N5/c1-3-18-13(10-12(2)16-18)11-14-6-4-8-17-9-5-7-15-17/h5,7,9-10,14H,3-4,6,8,11H2,1-2H3.